The number of nitrogens with one attached hydrogen (secondary N) is 2. The predicted octanol–water partition coefficient (Wildman–Crippen LogP) is 5.07. The van der Waals surface area contributed by atoms with E-state index in [1.54, 1.807) is 0 Å². The molecule has 1 heterocycles. The maximum absolute atomic E-state index is 12.1. The number of anilines is 1. The summed E-state index contributed by atoms with van der Waals surface area (Å²) in [5.74, 6) is 1.13. The first-order chi connectivity index (χ1) is 13.0. The summed E-state index contributed by atoms with van der Waals surface area (Å²) in [6, 6.07) is 12.4. The van der Waals surface area contributed by atoms with Gasteiger partial charge in [-0.25, -0.2) is 4.98 Å². The number of nitrogens with zero attached hydrogens (tertiary/aromatic N) is 2. The fourth-order valence-corrected chi connectivity index (χ4v) is 3.22. The Hall–Kier alpha value is -1.93. The molecule has 0 spiro atoms. The van der Waals surface area contributed by atoms with E-state index in [1.807, 2.05) is 30.3 Å². The Bertz CT molecular complexity index is 937. The minimum absolute atomic E-state index is 0.105. The van der Waals surface area contributed by atoms with Crippen molar-refractivity contribution < 1.29 is 9.53 Å². The highest BCUT2D eigenvalue weighted by atomic mass is 35.5. The molecule has 1 amide bonds. The number of ether oxygens (including phenoxy) is 1. The van der Waals surface area contributed by atoms with Crippen LogP contribution in [0.15, 0.2) is 47.6 Å². The van der Waals surface area contributed by atoms with Gasteiger partial charge >= 0.3 is 0 Å². The van der Waals surface area contributed by atoms with Gasteiger partial charge in [-0.1, -0.05) is 64.8 Å². The number of halogens is 3. The second-order valence-electron chi connectivity index (χ2n) is 5.25. The van der Waals surface area contributed by atoms with Gasteiger partial charge in [0, 0.05) is 0 Å². The third kappa shape index (κ3) is 5.77. The number of carbonyl (C=O) groups is 1. The molecule has 0 aliphatic carbocycles. The van der Waals surface area contributed by atoms with Crippen LogP contribution in [0, 0.1) is 0 Å². The van der Waals surface area contributed by atoms with Crippen LogP contribution in [0.2, 0.25) is 15.1 Å². The lowest BCUT2D eigenvalue weighted by Crippen LogP contribution is -2.14. The maximum atomic E-state index is 12.1. The van der Waals surface area contributed by atoms with E-state index in [4.69, 9.17) is 39.5 Å². The maximum Gasteiger partial charge on any atom is 0.234 e. The molecule has 0 radical (unpaired) electrons. The number of carbonyl (C=O) groups excluding carboxylic acids is 1. The summed E-state index contributed by atoms with van der Waals surface area (Å²) in [5.41, 5.74) is 0.392. The van der Waals surface area contributed by atoms with Gasteiger partial charge in [0.2, 0.25) is 11.1 Å². The molecule has 140 valence electrons. The fraction of sp³-hybridized carbons (Fsp3) is 0.118. The number of rotatable bonds is 7. The molecule has 0 saturated carbocycles. The Morgan fingerprint density at radius 1 is 1.11 bits per heavy atom. The van der Waals surface area contributed by atoms with E-state index in [0.29, 0.717) is 31.7 Å². The van der Waals surface area contributed by atoms with Crippen LogP contribution in [0.3, 0.4) is 0 Å². The lowest BCUT2D eigenvalue weighted by atomic mass is 10.3. The highest BCUT2D eigenvalue weighted by Gasteiger charge is 2.12. The molecule has 0 saturated heterocycles. The van der Waals surface area contributed by atoms with Crippen molar-refractivity contribution in [2.45, 2.75) is 11.8 Å². The van der Waals surface area contributed by atoms with E-state index in [1.165, 1.54) is 23.9 Å². The Morgan fingerprint density at radius 2 is 1.85 bits per heavy atom. The van der Waals surface area contributed by atoms with Gasteiger partial charge in [0.25, 0.3) is 0 Å². The van der Waals surface area contributed by atoms with Crippen LogP contribution in [0.5, 0.6) is 5.75 Å². The summed E-state index contributed by atoms with van der Waals surface area (Å²) in [7, 11) is 0. The Kier molecular flexibility index (Phi) is 6.84. The molecule has 0 aliphatic rings. The topological polar surface area (TPSA) is 79.9 Å². The summed E-state index contributed by atoms with van der Waals surface area (Å²) >= 11 is 19.0. The van der Waals surface area contributed by atoms with Crippen LogP contribution in [0.4, 0.5) is 5.69 Å². The number of amides is 1. The molecule has 2 N–H and O–H groups in total. The average Bonchev–Trinajstić information content (AvgIpc) is 3.12. The Morgan fingerprint density at radius 3 is 2.63 bits per heavy atom. The molecule has 3 aromatic rings. The number of benzene rings is 2. The number of H-pyrrole nitrogens is 1. The van der Waals surface area contributed by atoms with Crippen molar-refractivity contribution in [2.75, 3.05) is 11.1 Å². The van der Waals surface area contributed by atoms with Crippen LogP contribution in [0.25, 0.3) is 0 Å². The smallest absolute Gasteiger partial charge is 0.234 e. The Labute approximate surface area is 174 Å². The number of hydrogen-bond donors (Lipinski definition) is 2. The minimum atomic E-state index is -0.271. The third-order valence-electron chi connectivity index (χ3n) is 3.25. The number of thioether (sulfide) groups is 1. The normalized spacial score (nSPS) is 10.6. The molecular weight excluding hydrogens is 431 g/mol. The number of para-hydroxylation sites is 1. The molecule has 0 bridgehead atoms. The van der Waals surface area contributed by atoms with Gasteiger partial charge in [-0.2, -0.15) is 0 Å². The molecule has 0 fully saturated rings. The first-order valence-corrected chi connectivity index (χ1v) is 9.79. The zero-order chi connectivity index (χ0) is 19.2. The van der Waals surface area contributed by atoms with Crippen LogP contribution < -0.4 is 10.1 Å². The van der Waals surface area contributed by atoms with E-state index < -0.39 is 0 Å². The summed E-state index contributed by atoms with van der Waals surface area (Å²) in [5, 5.41) is 10.9. The number of hydrogen-bond acceptors (Lipinski definition) is 5. The van der Waals surface area contributed by atoms with Gasteiger partial charge in [0.05, 0.1) is 26.5 Å². The first-order valence-electron chi connectivity index (χ1n) is 7.67. The van der Waals surface area contributed by atoms with Crippen molar-refractivity contribution in [2.24, 2.45) is 0 Å². The summed E-state index contributed by atoms with van der Waals surface area (Å²) in [6.45, 7) is 0.253. The largest absolute Gasteiger partial charge is 0.486 e. The van der Waals surface area contributed by atoms with E-state index in [2.05, 4.69) is 20.5 Å². The van der Waals surface area contributed by atoms with Crippen molar-refractivity contribution in [1.29, 1.82) is 0 Å². The molecule has 6 nitrogen and oxygen atoms in total. The molecule has 0 aliphatic heterocycles. The van der Waals surface area contributed by atoms with Gasteiger partial charge in [0.1, 0.15) is 12.4 Å². The van der Waals surface area contributed by atoms with Crippen molar-refractivity contribution in [3.63, 3.8) is 0 Å². The Balaban J connectivity index is 1.49. The van der Waals surface area contributed by atoms with Crippen molar-refractivity contribution >= 4 is 58.2 Å². The summed E-state index contributed by atoms with van der Waals surface area (Å²) < 4.78 is 5.58. The van der Waals surface area contributed by atoms with Gasteiger partial charge in [-0.05, 0) is 24.3 Å². The van der Waals surface area contributed by atoms with Crippen molar-refractivity contribution in [3.8, 4) is 5.75 Å². The van der Waals surface area contributed by atoms with Gasteiger partial charge in [-0.15, -0.1) is 5.10 Å². The highest BCUT2D eigenvalue weighted by molar-refractivity contribution is 7.99. The van der Waals surface area contributed by atoms with Crippen LogP contribution >= 0.6 is 46.6 Å². The van der Waals surface area contributed by atoms with E-state index in [9.17, 15) is 4.79 Å². The molecular formula is C17H13Cl3N4O2S. The first kappa shape index (κ1) is 19.8. The summed E-state index contributed by atoms with van der Waals surface area (Å²) in [6.07, 6.45) is 0. The van der Waals surface area contributed by atoms with Crippen LogP contribution in [-0.2, 0) is 11.4 Å². The summed E-state index contributed by atoms with van der Waals surface area (Å²) in [4.78, 5) is 16.4. The van der Waals surface area contributed by atoms with Gasteiger partial charge in [0.15, 0.2) is 5.82 Å². The third-order valence-corrected chi connectivity index (χ3v) is 5.13. The van der Waals surface area contributed by atoms with Crippen LogP contribution in [-0.4, -0.2) is 26.8 Å². The average molecular weight is 444 g/mol. The molecule has 27 heavy (non-hydrogen) atoms. The zero-order valence-electron chi connectivity index (χ0n) is 13.7. The second-order valence-corrected chi connectivity index (χ2v) is 7.41. The number of aromatic amines is 1. The minimum Gasteiger partial charge on any atom is -0.486 e. The quantitative estimate of drug-likeness (QED) is 0.393. The molecule has 0 unspecified atom stereocenters. The predicted molar refractivity (Wildman–Crippen MR) is 108 cm³/mol. The fourth-order valence-electron chi connectivity index (χ4n) is 2.01. The SMILES string of the molecule is O=C(CSc1n[nH]c(COc2ccccc2)n1)Nc1cc(Cl)c(Cl)cc1Cl. The highest BCUT2D eigenvalue weighted by Crippen LogP contribution is 2.32. The van der Waals surface area contributed by atoms with Crippen LogP contribution in [0.1, 0.15) is 5.82 Å². The number of aromatic nitrogens is 3. The zero-order valence-corrected chi connectivity index (χ0v) is 16.8. The molecule has 0 atom stereocenters. The van der Waals surface area contributed by atoms with Gasteiger partial charge in [-0.3, -0.25) is 9.89 Å². The lowest BCUT2D eigenvalue weighted by molar-refractivity contribution is -0.113. The lowest BCUT2D eigenvalue weighted by Gasteiger charge is -2.08. The standard InChI is InChI=1S/C17H13Cl3N4O2S/c18-11-6-13(20)14(7-12(11)19)21-16(25)9-27-17-22-15(23-24-17)8-26-10-4-2-1-3-5-10/h1-7H,8-9H2,(H,21,25)(H,22,23,24). The molecule has 3 rings (SSSR count). The van der Waals surface area contributed by atoms with E-state index in [0.717, 1.165) is 5.75 Å². The molecule has 1 aromatic heterocycles. The van der Waals surface area contributed by atoms with E-state index >= 15 is 0 Å². The van der Waals surface area contributed by atoms with Crippen molar-refractivity contribution in [3.05, 3.63) is 63.4 Å². The molecule has 2 aromatic carbocycles. The van der Waals surface area contributed by atoms with E-state index in [-0.39, 0.29) is 18.3 Å². The molecule has 10 heteroatoms. The van der Waals surface area contributed by atoms with Crippen molar-refractivity contribution in [1.82, 2.24) is 15.2 Å². The second kappa shape index (κ2) is 9.32. The monoisotopic (exact) mass is 442 g/mol. The van der Waals surface area contributed by atoms with Gasteiger partial charge < -0.3 is 10.1 Å².